The summed E-state index contributed by atoms with van der Waals surface area (Å²) in [7, 11) is 0. The van der Waals surface area contributed by atoms with Gasteiger partial charge in [0.05, 0.1) is 0 Å². The van der Waals surface area contributed by atoms with Crippen molar-refractivity contribution < 1.29 is 23.8 Å². The van der Waals surface area contributed by atoms with Gasteiger partial charge in [-0.3, -0.25) is 4.79 Å². The quantitative estimate of drug-likeness (QED) is 0.385. The fourth-order valence-corrected chi connectivity index (χ4v) is 4.05. The molecule has 0 radical (unpaired) electrons. The van der Waals surface area contributed by atoms with Crippen LogP contribution in [-0.4, -0.2) is 23.5 Å². The third-order valence-electron chi connectivity index (χ3n) is 6.21. The van der Waals surface area contributed by atoms with Crippen LogP contribution in [0.4, 0.5) is 0 Å². The number of Topliss-reactive ketones (excluding diaryl/α,β-unsaturated/α-hetero) is 1. The first-order valence-electron chi connectivity index (χ1n) is 11.5. The number of fused-ring (bicyclic) bond motifs is 1. The molecule has 33 heavy (non-hydrogen) atoms. The van der Waals surface area contributed by atoms with Crippen LogP contribution in [0, 0.1) is 19.3 Å². The average molecular weight is 451 g/mol. The first-order chi connectivity index (χ1) is 15.5. The first-order valence-corrected chi connectivity index (χ1v) is 11.5. The van der Waals surface area contributed by atoms with E-state index in [-0.39, 0.29) is 18.2 Å². The number of aryl methyl sites for hydroxylation is 3. The lowest BCUT2D eigenvalue weighted by molar-refractivity contribution is -0.128. The van der Waals surface area contributed by atoms with Crippen LogP contribution < -0.4 is 4.74 Å². The van der Waals surface area contributed by atoms with Crippen molar-refractivity contribution in [1.29, 1.82) is 0 Å². The second kappa shape index (κ2) is 9.82. The van der Waals surface area contributed by atoms with Crippen molar-refractivity contribution in [2.45, 2.75) is 66.7 Å². The molecule has 0 aliphatic carbocycles. The lowest BCUT2D eigenvalue weighted by atomic mass is 9.89. The van der Waals surface area contributed by atoms with E-state index in [0.29, 0.717) is 11.5 Å². The van der Waals surface area contributed by atoms with Gasteiger partial charge in [-0.15, -0.1) is 0 Å². The van der Waals surface area contributed by atoms with E-state index in [4.69, 9.17) is 9.15 Å². The molecule has 0 amide bonds. The van der Waals surface area contributed by atoms with Gasteiger partial charge < -0.3 is 14.3 Å². The van der Waals surface area contributed by atoms with Crippen LogP contribution in [0.5, 0.6) is 5.75 Å². The maximum Gasteiger partial charge on any atom is 0.371 e. The Morgan fingerprint density at radius 3 is 2.39 bits per heavy atom. The Labute approximate surface area is 195 Å². The molecule has 3 aromatic rings. The number of rotatable bonds is 9. The zero-order valence-electron chi connectivity index (χ0n) is 20.5. The Morgan fingerprint density at radius 1 is 1.06 bits per heavy atom. The molecule has 0 aliphatic heterocycles. The van der Waals surface area contributed by atoms with Gasteiger partial charge in [-0.05, 0) is 79.5 Å². The average Bonchev–Trinajstić information content (AvgIpc) is 3.18. The van der Waals surface area contributed by atoms with E-state index in [1.165, 1.54) is 11.1 Å². The maximum absolute atomic E-state index is 12.2. The molecule has 176 valence electrons. The first kappa shape index (κ1) is 24.6. The molecule has 1 N–H and O–H groups in total. The highest BCUT2D eigenvalue weighted by Crippen LogP contribution is 2.31. The van der Waals surface area contributed by atoms with Gasteiger partial charge in [-0.2, -0.15) is 0 Å². The van der Waals surface area contributed by atoms with E-state index < -0.39 is 11.4 Å². The van der Waals surface area contributed by atoms with Crippen LogP contribution in [0.3, 0.4) is 0 Å². The van der Waals surface area contributed by atoms with E-state index in [9.17, 15) is 14.7 Å². The summed E-state index contributed by atoms with van der Waals surface area (Å²) in [5.41, 5.74) is 4.65. The summed E-state index contributed by atoms with van der Waals surface area (Å²) in [6, 6.07) is 11.9. The molecule has 1 atom stereocenters. The topological polar surface area (TPSA) is 76.7 Å². The zero-order chi connectivity index (χ0) is 24.3. The number of carboxylic acid groups (broad SMARTS) is 1. The number of hydrogen-bond acceptors (Lipinski definition) is 4. The van der Waals surface area contributed by atoms with Gasteiger partial charge in [-0.1, -0.05) is 45.9 Å². The SMILES string of the molecule is CCC(CCc1cc(C)c2oc(C(=O)O)cc2c1)c1ccc(OCC(=O)C(C)(C)C)c(C)c1. The highest BCUT2D eigenvalue weighted by molar-refractivity contribution is 5.92. The van der Waals surface area contributed by atoms with Gasteiger partial charge in [0.25, 0.3) is 0 Å². The van der Waals surface area contributed by atoms with Crippen LogP contribution >= 0.6 is 0 Å². The minimum absolute atomic E-state index is 0.0290. The van der Waals surface area contributed by atoms with Gasteiger partial charge in [0.2, 0.25) is 5.76 Å². The summed E-state index contributed by atoms with van der Waals surface area (Å²) in [6.07, 6.45) is 2.88. The molecule has 1 heterocycles. The predicted octanol–water partition coefficient (Wildman–Crippen LogP) is 6.87. The highest BCUT2D eigenvalue weighted by Gasteiger charge is 2.22. The Kier molecular flexibility index (Phi) is 7.31. The van der Waals surface area contributed by atoms with Crippen LogP contribution in [-0.2, 0) is 11.2 Å². The summed E-state index contributed by atoms with van der Waals surface area (Å²) >= 11 is 0. The van der Waals surface area contributed by atoms with E-state index in [0.717, 1.165) is 41.5 Å². The number of ketones is 1. The van der Waals surface area contributed by atoms with Crippen molar-refractivity contribution in [3.05, 3.63) is 64.4 Å². The van der Waals surface area contributed by atoms with Crippen LogP contribution in [0.15, 0.2) is 40.8 Å². The number of hydrogen-bond donors (Lipinski definition) is 1. The van der Waals surface area contributed by atoms with Crippen molar-refractivity contribution in [2.75, 3.05) is 6.61 Å². The van der Waals surface area contributed by atoms with E-state index in [1.54, 1.807) is 6.07 Å². The number of aromatic carboxylic acids is 1. The molecule has 0 spiro atoms. The Balaban J connectivity index is 1.70. The summed E-state index contributed by atoms with van der Waals surface area (Å²) in [4.78, 5) is 23.4. The molecular formula is C28H34O5. The van der Waals surface area contributed by atoms with Gasteiger partial charge in [0.15, 0.2) is 5.78 Å². The third-order valence-corrected chi connectivity index (χ3v) is 6.21. The highest BCUT2D eigenvalue weighted by atomic mass is 16.5. The van der Waals surface area contributed by atoms with Crippen LogP contribution in [0.25, 0.3) is 11.0 Å². The maximum atomic E-state index is 12.2. The molecule has 3 rings (SSSR count). The van der Waals surface area contributed by atoms with Gasteiger partial charge >= 0.3 is 5.97 Å². The van der Waals surface area contributed by atoms with Crippen molar-refractivity contribution >= 4 is 22.7 Å². The van der Waals surface area contributed by atoms with Gasteiger partial charge in [-0.25, -0.2) is 4.79 Å². The van der Waals surface area contributed by atoms with Gasteiger partial charge in [0.1, 0.15) is 17.9 Å². The lowest BCUT2D eigenvalue weighted by Gasteiger charge is -2.19. The van der Waals surface area contributed by atoms with Crippen molar-refractivity contribution in [3.8, 4) is 5.75 Å². The fourth-order valence-electron chi connectivity index (χ4n) is 4.05. The second-order valence-electron chi connectivity index (χ2n) is 9.88. The Hall–Kier alpha value is -3.08. The Bertz CT molecular complexity index is 1160. The van der Waals surface area contributed by atoms with E-state index in [1.807, 2.05) is 46.8 Å². The number of carbonyl (C=O) groups excluding carboxylic acids is 1. The number of furan rings is 1. The molecule has 1 aromatic heterocycles. The molecule has 5 nitrogen and oxygen atoms in total. The molecule has 0 bridgehead atoms. The number of ether oxygens (including phenoxy) is 1. The zero-order valence-corrected chi connectivity index (χ0v) is 20.5. The minimum Gasteiger partial charge on any atom is -0.486 e. The van der Waals surface area contributed by atoms with Crippen molar-refractivity contribution in [2.24, 2.45) is 5.41 Å². The summed E-state index contributed by atoms with van der Waals surface area (Å²) < 4.78 is 11.3. The van der Waals surface area contributed by atoms with Crippen LogP contribution in [0.1, 0.15) is 79.3 Å². The molecule has 1 unspecified atom stereocenters. The third kappa shape index (κ3) is 5.84. The number of carbonyl (C=O) groups is 2. The molecule has 2 aromatic carbocycles. The van der Waals surface area contributed by atoms with Crippen molar-refractivity contribution in [3.63, 3.8) is 0 Å². The summed E-state index contributed by atoms with van der Waals surface area (Å²) in [5.74, 6) is 0.144. The second-order valence-corrected chi connectivity index (χ2v) is 9.88. The molecule has 5 heteroatoms. The predicted molar refractivity (Wildman–Crippen MR) is 130 cm³/mol. The number of carboxylic acids is 1. The van der Waals surface area contributed by atoms with E-state index in [2.05, 4.69) is 25.1 Å². The minimum atomic E-state index is -1.05. The van der Waals surface area contributed by atoms with Gasteiger partial charge in [0, 0.05) is 10.8 Å². The van der Waals surface area contributed by atoms with E-state index >= 15 is 0 Å². The molecule has 0 aliphatic rings. The normalized spacial score (nSPS) is 12.7. The fraction of sp³-hybridized carbons (Fsp3) is 0.429. The smallest absolute Gasteiger partial charge is 0.371 e. The van der Waals surface area contributed by atoms with Crippen LogP contribution in [0.2, 0.25) is 0 Å². The summed E-state index contributed by atoms with van der Waals surface area (Å²) in [5, 5.41) is 10.0. The molecule has 0 saturated heterocycles. The number of benzene rings is 2. The Morgan fingerprint density at radius 2 is 1.79 bits per heavy atom. The molecule has 0 saturated carbocycles. The molecule has 0 fully saturated rings. The summed E-state index contributed by atoms with van der Waals surface area (Å²) in [6.45, 7) is 11.9. The monoisotopic (exact) mass is 450 g/mol. The van der Waals surface area contributed by atoms with Crippen molar-refractivity contribution in [1.82, 2.24) is 0 Å². The molecular weight excluding hydrogens is 416 g/mol. The standard InChI is InChI=1S/C28H34O5/c1-7-20(21-10-11-23(17(2)13-21)32-16-25(29)28(4,5)6)9-8-19-12-18(3)26-22(14-19)15-24(33-26)27(30)31/h10-15,20H,7-9,16H2,1-6H3,(H,30,31). The largest absolute Gasteiger partial charge is 0.486 e. The lowest BCUT2D eigenvalue weighted by Crippen LogP contribution is -2.26.